The molecule has 0 bridgehead atoms. The van der Waals surface area contributed by atoms with Gasteiger partial charge in [-0.2, -0.15) is 0 Å². The molecule has 1 saturated carbocycles. The van der Waals surface area contributed by atoms with Crippen LogP contribution in [-0.2, 0) is 16.1 Å². The van der Waals surface area contributed by atoms with Crippen LogP contribution in [0.2, 0.25) is 10.0 Å². The number of anilines is 2. The maximum Gasteiger partial charge on any atom is 0.293 e. The normalized spacial score (nSPS) is 17.1. The largest absolute Gasteiger partial charge is 0.465 e. The lowest BCUT2D eigenvalue weighted by atomic mass is 10.1. The van der Waals surface area contributed by atoms with Crippen molar-refractivity contribution in [3.63, 3.8) is 0 Å². The topological polar surface area (TPSA) is 122 Å². The monoisotopic (exact) mass is 584 g/mol. The minimum absolute atomic E-state index is 0.0345. The van der Waals surface area contributed by atoms with Gasteiger partial charge in [0.15, 0.2) is 11.6 Å². The van der Waals surface area contributed by atoms with Gasteiger partial charge in [-0.15, -0.1) is 0 Å². The van der Waals surface area contributed by atoms with Crippen molar-refractivity contribution in [2.75, 3.05) is 30.7 Å². The first kappa shape index (κ1) is 29.6. The summed E-state index contributed by atoms with van der Waals surface area (Å²) in [6, 6.07) is 13.0. The van der Waals surface area contributed by atoms with Crippen molar-refractivity contribution in [2.24, 2.45) is 0 Å². The number of hydrogen-bond donors (Lipinski definition) is 3. The molecule has 11 heteroatoms. The highest BCUT2D eigenvalue weighted by atomic mass is 35.5. The maximum atomic E-state index is 12.8. The predicted octanol–water partition coefficient (Wildman–Crippen LogP) is 5.18. The number of nitrogens with two attached hydrogens (primary N) is 1. The summed E-state index contributed by atoms with van der Waals surface area (Å²) in [6.07, 6.45) is 6.43. The number of rotatable bonds is 7. The zero-order valence-corrected chi connectivity index (χ0v) is 23.9. The summed E-state index contributed by atoms with van der Waals surface area (Å²) < 4.78 is 4.72. The van der Waals surface area contributed by atoms with Crippen molar-refractivity contribution in [2.45, 2.75) is 51.3 Å². The molecule has 2 fully saturated rings. The summed E-state index contributed by atoms with van der Waals surface area (Å²) in [5.74, 6) is 0.747. The molecule has 1 atom stereocenters. The Bertz CT molecular complexity index is 1280. The minimum atomic E-state index is 0.0345. The Kier molecular flexibility index (Phi) is 10.6. The number of piperazine rings is 1. The number of aromatic nitrogens is 2. The standard InChI is InChI=1S/C23H24Cl2N6O.C6H10O2/c1-14-13-31(10-9-27-14)23(32)16-7-5-15(6-8-16)20-12-28-21(26)22(30-20)29-11-17-18(24)3-2-4-19(17)25;7-5-8-6-3-1-2-4-6/h2-8,12,14,27H,9-11,13H2,1H3,(H2,26,28)(H,29,30);5-6H,1-4H2. The van der Waals surface area contributed by atoms with E-state index in [1.54, 1.807) is 24.4 Å². The van der Waals surface area contributed by atoms with E-state index in [4.69, 9.17) is 33.7 Å². The lowest BCUT2D eigenvalue weighted by molar-refractivity contribution is -0.133. The van der Waals surface area contributed by atoms with E-state index in [0.29, 0.717) is 59.3 Å². The summed E-state index contributed by atoms with van der Waals surface area (Å²) in [6.45, 7) is 5.20. The molecule has 2 aromatic carbocycles. The highest BCUT2D eigenvalue weighted by Crippen LogP contribution is 2.27. The second-order valence-corrected chi connectivity index (χ2v) is 10.7. The average Bonchev–Trinajstić information content (AvgIpc) is 3.47. The van der Waals surface area contributed by atoms with Gasteiger partial charge in [-0.3, -0.25) is 9.59 Å². The summed E-state index contributed by atoms with van der Waals surface area (Å²) in [5, 5.41) is 7.63. The molecule has 9 nitrogen and oxygen atoms in total. The number of nitrogens with zero attached hydrogens (tertiary/aromatic N) is 3. The molecule has 5 rings (SSSR count). The lowest BCUT2D eigenvalue weighted by Crippen LogP contribution is -2.51. The van der Waals surface area contributed by atoms with E-state index in [2.05, 4.69) is 27.5 Å². The van der Waals surface area contributed by atoms with Gasteiger partial charge in [-0.25, -0.2) is 9.97 Å². The van der Waals surface area contributed by atoms with Crippen molar-refractivity contribution in [1.82, 2.24) is 20.2 Å². The number of hydrogen-bond acceptors (Lipinski definition) is 8. The van der Waals surface area contributed by atoms with Crippen LogP contribution in [0.15, 0.2) is 48.7 Å². The van der Waals surface area contributed by atoms with Crippen molar-refractivity contribution < 1.29 is 14.3 Å². The Hall–Kier alpha value is -3.40. The van der Waals surface area contributed by atoms with E-state index in [1.807, 2.05) is 29.2 Å². The van der Waals surface area contributed by atoms with Crippen LogP contribution in [0, 0.1) is 0 Å². The van der Waals surface area contributed by atoms with Gasteiger partial charge in [-0.1, -0.05) is 41.4 Å². The fourth-order valence-electron chi connectivity index (χ4n) is 4.73. The molecule has 212 valence electrons. The molecule has 0 radical (unpaired) electrons. The Labute approximate surface area is 244 Å². The molecule has 2 aliphatic rings. The van der Waals surface area contributed by atoms with Crippen molar-refractivity contribution in [3.8, 4) is 11.3 Å². The van der Waals surface area contributed by atoms with Gasteiger partial charge < -0.3 is 26.0 Å². The highest BCUT2D eigenvalue weighted by Gasteiger charge is 2.21. The van der Waals surface area contributed by atoms with Gasteiger partial charge in [-0.05, 0) is 56.9 Å². The number of carbonyl (C=O) groups excluding carboxylic acids is 2. The van der Waals surface area contributed by atoms with E-state index in [-0.39, 0.29) is 17.8 Å². The summed E-state index contributed by atoms with van der Waals surface area (Å²) in [4.78, 5) is 33.3. The Morgan fingerprint density at radius 1 is 1.18 bits per heavy atom. The van der Waals surface area contributed by atoms with Gasteiger partial charge in [0.25, 0.3) is 12.4 Å². The first-order valence-electron chi connectivity index (χ1n) is 13.4. The number of benzene rings is 2. The van der Waals surface area contributed by atoms with Gasteiger partial charge in [0.1, 0.15) is 6.10 Å². The van der Waals surface area contributed by atoms with Crippen LogP contribution in [0.25, 0.3) is 11.3 Å². The molecule has 1 unspecified atom stereocenters. The van der Waals surface area contributed by atoms with E-state index in [0.717, 1.165) is 30.5 Å². The first-order chi connectivity index (χ1) is 19.4. The summed E-state index contributed by atoms with van der Waals surface area (Å²) in [7, 11) is 0. The Balaban J connectivity index is 0.000000398. The molecule has 2 heterocycles. The van der Waals surface area contributed by atoms with Crippen LogP contribution in [0.4, 0.5) is 11.6 Å². The molecule has 3 aromatic rings. The lowest BCUT2D eigenvalue weighted by Gasteiger charge is -2.32. The fraction of sp³-hybridized carbons (Fsp3) is 0.379. The molecule has 1 saturated heterocycles. The smallest absolute Gasteiger partial charge is 0.293 e. The Morgan fingerprint density at radius 3 is 2.52 bits per heavy atom. The number of carbonyl (C=O) groups is 2. The fourth-order valence-corrected chi connectivity index (χ4v) is 5.26. The number of nitrogens with one attached hydrogen (secondary N) is 2. The van der Waals surface area contributed by atoms with E-state index >= 15 is 0 Å². The third-order valence-corrected chi connectivity index (χ3v) is 7.64. The summed E-state index contributed by atoms with van der Waals surface area (Å²) >= 11 is 12.5. The second kappa shape index (κ2) is 14.3. The number of nitrogen functional groups attached to an aromatic ring is 1. The zero-order valence-electron chi connectivity index (χ0n) is 22.4. The minimum Gasteiger partial charge on any atom is -0.465 e. The number of amides is 1. The molecule has 1 aliphatic carbocycles. The van der Waals surface area contributed by atoms with Gasteiger partial charge >= 0.3 is 0 Å². The van der Waals surface area contributed by atoms with E-state index in [1.165, 1.54) is 12.8 Å². The first-order valence-corrected chi connectivity index (χ1v) is 14.1. The molecule has 0 spiro atoms. The molecule has 4 N–H and O–H groups in total. The van der Waals surface area contributed by atoms with Crippen LogP contribution in [0.3, 0.4) is 0 Å². The average molecular weight is 586 g/mol. The van der Waals surface area contributed by atoms with Crippen LogP contribution >= 0.6 is 23.2 Å². The quantitative estimate of drug-likeness (QED) is 0.324. The molecule has 1 aliphatic heterocycles. The van der Waals surface area contributed by atoms with Gasteiger partial charge in [0.05, 0.1) is 11.9 Å². The van der Waals surface area contributed by atoms with Gasteiger partial charge in [0.2, 0.25) is 0 Å². The predicted molar refractivity (Wildman–Crippen MR) is 158 cm³/mol. The molecule has 1 amide bonds. The third kappa shape index (κ3) is 7.84. The maximum absolute atomic E-state index is 12.8. The molecule has 1 aromatic heterocycles. The number of ether oxygens (including phenoxy) is 1. The Morgan fingerprint density at radius 2 is 1.88 bits per heavy atom. The van der Waals surface area contributed by atoms with Crippen molar-refractivity contribution >= 4 is 47.2 Å². The van der Waals surface area contributed by atoms with Crippen molar-refractivity contribution in [1.29, 1.82) is 0 Å². The van der Waals surface area contributed by atoms with E-state index < -0.39 is 0 Å². The van der Waals surface area contributed by atoms with Crippen LogP contribution in [-0.4, -0.2) is 59.0 Å². The summed E-state index contributed by atoms with van der Waals surface area (Å²) in [5.41, 5.74) is 8.89. The van der Waals surface area contributed by atoms with E-state index in [9.17, 15) is 9.59 Å². The third-order valence-electron chi connectivity index (χ3n) is 6.93. The molecular weight excluding hydrogens is 551 g/mol. The molecular formula is C29H34Cl2N6O3. The second-order valence-electron chi connectivity index (χ2n) is 9.87. The number of halogens is 2. The van der Waals surface area contributed by atoms with Gasteiger partial charge in [0, 0.05) is 59.0 Å². The SMILES string of the molecule is CC1CN(C(=O)c2ccc(-c3cnc(N)c(NCc4c(Cl)cccc4Cl)n3)cc2)CCN1.O=COC1CCCC1. The van der Waals surface area contributed by atoms with Crippen LogP contribution in [0.5, 0.6) is 0 Å². The van der Waals surface area contributed by atoms with Crippen molar-refractivity contribution in [3.05, 3.63) is 69.8 Å². The molecule has 40 heavy (non-hydrogen) atoms. The van der Waals surface area contributed by atoms with Crippen LogP contribution < -0.4 is 16.4 Å². The zero-order chi connectivity index (χ0) is 28.5. The van der Waals surface area contributed by atoms with Crippen LogP contribution in [0.1, 0.15) is 48.5 Å². The highest BCUT2D eigenvalue weighted by molar-refractivity contribution is 6.36.